The average molecular weight is 155 g/mol. The Morgan fingerprint density at radius 3 is 3.00 bits per heavy atom. The molecule has 0 amide bonds. The standard InChI is InChI=1S/C6H13N5/c1-6(4-7)2-3-11-5-8-9-10-11/h5-6H,2-4,7H2,1H3. The van der Waals surface area contributed by atoms with E-state index in [1.54, 1.807) is 11.0 Å². The second-order valence-corrected chi connectivity index (χ2v) is 2.70. The molecule has 5 nitrogen and oxygen atoms in total. The maximum atomic E-state index is 5.45. The molecule has 1 aromatic rings. The van der Waals surface area contributed by atoms with Crippen LogP contribution >= 0.6 is 0 Å². The van der Waals surface area contributed by atoms with Gasteiger partial charge in [-0.2, -0.15) is 0 Å². The van der Waals surface area contributed by atoms with Crippen LogP contribution in [0.5, 0.6) is 0 Å². The monoisotopic (exact) mass is 155 g/mol. The van der Waals surface area contributed by atoms with Crippen LogP contribution in [0.2, 0.25) is 0 Å². The molecule has 5 heteroatoms. The number of hydrogen-bond acceptors (Lipinski definition) is 4. The summed E-state index contributed by atoms with van der Waals surface area (Å²) in [5.41, 5.74) is 5.45. The highest BCUT2D eigenvalue weighted by Gasteiger charge is 1.99. The van der Waals surface area contributed by atoms with Gasteiger partial charge >= 0.3 is 0 Å². The second kappa shape index (κ2) is 4.02. The summed E-state index contributed by atoms with van der Waals surface area (Å²) in [5, 5.41) is 10.8. The molecule has 1 rings (SSSR count). The van der Waals surface area contributed by atoms with E-state index in [1.807, 2.05) is 0 Å². The Labute approximate surface area is 65.6 Å². The van der Waals surface area contributed by atoms with Crippen molar-refractivity contribution in [3.8, 4) is 0 Å². The van der Waals surface area contributed by atoms with Crippen LogP contribution < -0.4 is 5.73 Å². The molecular formula is C6H13N5. The molecule has 0 radical (unpaired) electrons. The molecule has 1 atom stereocenters. The maximum absolute atomic E-state index is 5.45. The van der Waals surface area contributed by atoms with E-state index in [9.17, 15) is 0 Å². The number of rotatable bonds is 4. The van der Waals surface area contributed by atoms with E-state index in [1.165, 1.54) is 0 Å². The van der Waals surface area contributed by atoms with Gasteiger partial charge in [-0.1, -0.05) is 6.92 Å². The fourth-order valence-electron chi connectivity index (χ4n) is 0.753. The highest BCUT2D eigenvalue weighted by molar-refractivity contribution is 4.54. The van der Waals surface area contributed by atoms with E-state index in [2.05, 4.69) is 22.4 Å². The van der Waals surface area contributed by atoms with Crippen LogP contribution in [0.15, 0.2) is 6.33 Å². The minimum atomic E-state index is 0.541. The lowest BCUT2D eigenvalue weighted by molar-refractivity contribution is 0.459. The van der Waals surface area contributed by atoms with Gasteiger partial charge in [-0.05, 0) is 29.3 Å². The number of tetrazole rings is 1. The van der Waals surface area contributed by atoms with Crippen molar-refractivity contribution < 1.29 is 0 Å². The Morgan fingerprint density at radius 2 is 2.45 bits per heavy atom. The SMILES string of the molecule is CC(CN)CCn1cnnn1. The quantitative estimate of drug-likeness (QED) is 0.645. The molecule has 0 aliphatic carbocycles. The number of aryl methyl sites for hydroxylation is 1. The van der Waals surface area contributed by atoms with E-state index in [0.29, 0.717) is 5.92 Å². The Bertz CT molecular complexity index is 183. The van der Waals surface area contributed by atoms with E-state index < -0.39 is 0 Å². The molecule has 1 heterocycles. The topological polar surface area (TPSA) is 69.6 Å². The summed E-state index contributed by atoms with van der Waals surface area (Å²) >= 11 is 0. The minimum absolute atomic E-state index is 0.541. The third-order valence-electron chi connectivity index (χ3n) is 1.64. The summed E-state index contributed by atoms with van der Waals surface area (Å²) in [6.07, 6.45) is 2.64. The molecule has 1 aromatic heterocycles. The normalized spacial score (nSPS) is 13.3. The van der Waals surface area contributed by atoms with E-state index in [0.717, 1.165) is 19.5 Å². The number of nitrogens with zero attached hydrogens (tertiary/aromatic N) is 4. The van der Waals surface area contributed by atoms with Crippen LogP contribution in [0.25, 0.3) is 0 Å². The summed E-state index contributed by atoms with van der Waals surface area (Å²) in [6, 6.07) is 0. The van der Waals surface area contributed by atoms with E-state index in [-0.39, 0.29) is 0 Å². The first-order chi connectivity index (χ1) is 5.33. The predicted octanol–water partition coefficient (Wildman–Crippen LogP) is -0.342. The number of hydrogen-bond donors (Lipinski definition) is 1. The summed E-state index contributed by atoms with van der Waals surface area (Å²) in [5.74, 6) is 0.541. The largest absolute Gasteiger partial charge is 0.330 e. The van der Waals surface area contributed by atoms with E-state index >= 15 is 0 Å². The van der Waals surface area contributed by atoms with Gasteiger partial charge in [0.2, 0.25) is 0 Å². The highest BCUT2D eigenvalue weighted by Crippen LogP contribution is 1.99. The van der Waals surface area contributed by atoms with E-state index in [4.69, 9.17) is 5.73 Å². The Kier molecular flexibility index (Phi) is 2.97. The van der Waals surface area contributed by atoms with Gasteiger partial charge in [0.05, 0.1) is 0 Å². The van der Waals surface area contributed by atoms with Crippen molar-refractivity contribution in [2.45, 2.75) is 19.9 Å². The predicted molar refractivity (Wildman–Crippen MR) is 40.7 cm³/mol. The zero-order valence-electron chi connectivity index (χ0n) is 6.64. The zero-order chi connectivity index (χ0) is 8.10. The molecule has 0 aliphatic heterocycles. The highest BCUT2D eigenvalue weighted by atomic mass is 15.5. The fraction of sp³-hybridized carbons (Fsp3) is 0.833. The molecule has 2 N–H and O–H groups in total. The van der Waals surface area contributed by atoms with Gasteiger partial charge in [-0.25, -0.2) is 4.68 Å². The first-order valence-corrected chi connectivity index (χ1v) is 3.73. The van der Waals surface area contributed by atoms with Crippen molar-refractivity contribution in [2.75, 3.05) is 6.54 Å². The third kappa shape index (κ3) is 2.63. The van der Waals surface area contributed by atoms with Gasteiger partial charge in [0, 0.05) is 6.54 Å². The molecule has 0 fully saturated rings. The number of aromatic nitrogens is 4. The van der Waals surface area contributed by atoms with Gasteiger partial charge in [0.1, 0.15) is 6.33 Å². The molecule has 0 aliphatic rings. The molecule has 0 bridgehead atoms. The van der Waals surface area contributed by atoms with Crippen molar-refractivity contribution in [3.63, 3.8) is 0 Å². The summed E-state index contributed by atoms with van der Waals surface area (Å²) in [4.78, 5) is 0. The van der Waals surface area contributed by atoms with Gasteiger partial charge in [0.25, 0.3) is 0 Å². The lowest BCUT2D eigenvalue weighted by Crippen LogP contribution is -2.13. The van der Waals surface area contributed by atoms with Gasteiger partial charge in [0.15, 0.2) is 0 Å². The molecule has 0 saturated carbocycles. The molecule has 1 unspecified atom stereocenters. The van der Waals surface area contributed by atoms with Crippen molar-refractivity contribution in [3.05, 3.63) is 6.33 Å². The van der Waals surface area contributed by atoms with Crippen molar-refractivity contribution in [2.24, 2.45) is 11.7 Å². The first-order valence-electron chi connectivity index (χ1n) is 3.73. The maximum Gasteiger partial charge on any atom is 0.138 e. The molecule has 62 valence electrons. The van der Waals surface area contributed by atoms with Gasteiger partial charge in [-0.3, -0.25) is 0 Å². The van der Waals surface area contributed by atoms with Crippen LogP contribution in [-0.4, -0.2) is 26.8 Å². The van der Waals surface area contributed by atoms with Gasteiger partial charge < -0.3 is 5.73 Å². The molecule has 11 heavy (non-hydrogen) atoms. The van der Waals surface area contributed by atoms with Crippen LogP contribution in [-0.2, 0) is 6.54 Å². The van der Waals surface area contributed by atoms with Crippen LogP contribution in [0.1, 0.15) is 13.3 Å². The molecule has 0 aromatic carbocycles. The first kappa shape index (κ1) is 8.13. The summed E-state index contributed by atoms with van der Waals surface area (Å²) < 4.78 is 1.71. The summed E-state index contributed by atoms with van der Waals surface area (Å²) in [6.45, 7) is 3.69. The smallest absolute Gasteiger partial charge is 0.138 e. The average Bonchev–Trinajstić information content (AvgIpc) is 2.52. The number of nitrogens with two attached hydrogens (primary N) is 1. The molecule has 0 saturated heterocycles. The summed E-state index contributed by atoms with van der Waals surface area (Å²) in [7, 11) is 0. The third-order valence-corrected chi connectivity index (χ3v) is 1.64. The minimum Gasteiger partial charge on any atom is -0.330 e. The molecular weight excluding hydrogens is 142 g/mol. The van der Waals surface area contributed by atoms with Crippen molar-refractivity contribution in [1.82, 2.24) is 20.2 Å². The van der Waals surface area contributed by atoms with Crippen LogP contribution in [0, 0.1) is 5.92 Å². The van der Waals surface area contributed by atoms with Crippen LogP contribution in [0.4, 0.5) is 0 Å². The second-order valence-electron chi connectivity index (χ2n) is 2.70. The Balaban J connectivity index is 2.23. The fourth-order valence-corrected chi connectivity index (χ4v) is 0.753. The Hall–Kier alpha value is -0.970. The Morgan fingerprint density at radius 1 is 1.64 bits per heavy atom. The lowest BCUT2D eigenvalue weighted by atomic mass is 10.1. The molecule has 0 spiro atoms. The van der Waals surface area contributed by atoms with Crippen molar-refractivity contribution >= 4 is 0 Å². The zero-order valence-corrected chi connectivity index (χ0v) is 6.64. The van der Waals surface area contributed by atoms with Crippen LogP contribution in [0.3, 0.4) is 0 Å². The van der Waals surface area contributed by atoms with Gasteiger partial charge in [-0.15, -0.1) is 5.10 Å². The van der Waals surface area contributed by atoms with Crippen molar-refractivity contribution in [1.29, 1.82) is 0 Å². The lowest BCUT2D eigenvalue weighted by Gasteiger charge is -2.05.